The van der Waals surface area contributed by atoms with E-state index in [0.717, 1.165) is 77.0 Å². The fraction of sp³-hybridized carbons (Fsp3) is 0.0952. The van der Waals surface area contributed by atoms with E-state index in [0.29, 0.717) is 11.5 Å². The predicted molar refractivity (Wildman–Crippen MR) is 193 cm³/mol. The molecule has 0 atom stereocenters. The van der Waals surface area contributed by atoms with E-state index < -0.39 is 0 Å². The Labute approximate surface area is 278 Å². The lowest BCUT2D eigenvalue weighted by Gasteiger charge is -2.23. The highest BCUT2D eigenvalue weighted by Crippen LogP contribution is 2.52. The maximum Gasteiger partial charge on any atom is 0.188 e. The number of aromatic nitrogens is 2. The van der Waals surface area contributed by atoms with Gasteiger partial charge in [-0.3, -0.25) is 0 Å². The Morgan fingerprint density at radius 3 is 1.27 bits per heavy atom. The SMILES string of the molecule is COCOc1c(-c2ccc3ccccc3n2)cc2ccccc2c1-c1c(OCOC)c(-c2ccc3ccccc3n2)cc2ccccc12. The van der Waals surface area contributed by atoms with Crippen LogP contribution < -0.4 is 9.47 Å². The summed E-state index contributed by atoms with van der Waals surface area (Å²) in [6.45, 7) is 0.0913. The van der Waals surface area contributed by atoms with Crippen LogP contribution in [-0.2, 0) is 9.47 Å². The first-order chi connectivity index (χ1) is 23.7. The molecular formula is C42H32N2O4. The van der Waals surface area contributed by atoms with E-state index in [2.05, 4.69) is 72.8 Å². The number of para-hydroxylation sites is 2. The summed E-state index contributed by atoms with van der Waals surface area (Å²) in [5.41, 5.74) is 6.85. The van der Waals surface area contributed by atoms with Crippen molar-refractivity contribution in [3.8, 4) is 45.1 Å². The topological polar surface area (TPSA) is 62.7 Å². The monoisotopic (exact) mass is 628 g/mol. The smallest absolute Gasteiger partial charge is 0.188 e. The Hall–Kier alpha value is -5.82. The van der Waals surface area contributed by atoms with Crippen molar-refractivity contribution in [1.29, 1.82) is 0 Å². The number of ether oxygens (including phenoxy) is 4. The number of rotatable bonds is 9. The molecule has 2 aromatic heterocycles. The highest BCUT2D eigenvalue weighted by Gasteiger charge is 2.26. The third kappa shape index (κ3) is 5.27. The van der Waals surface area contributed by atoms with Crippen LogP contribution in [0.25, 0.3) is 77.0 Å². The molecule has 0 amide bonds. The van der Waals surface area contributed by atoms with Crippen molar-refractivity contribution in [2.45, 2.75) is 0 Å². The Bertz CT molecular complexity index is 2280. The molecule has 0 spiro atoms. The minimum absolute atomic E-state index is 0.0457. The molecule has 0 N–H and O–H groups in total. The first kappa shape index (κ1) is 29.6. The quantitative estimate of drug-likeness (QED) is 0.148. The lowest BCUT2D eigenvalue weighted by molar-refractivity contribution is 0.0506. The van der Waals surface area contributed by atoms with Gasteiger partial charge in [-0.1, -0.05) is 97.1 Å². The van der Waals surface area contributed by atoms with Gasteiger partial charge in [0.25, 0.3) is 0 Å². The van der Waals surface area contributed by atoms with E-state index in [1.807, 2.05) is 60.7 Å². The van der Waals surface area contributed by atoms with Gasteiger partial charge in [0.2, 0.25) is 0 Å². The van der Waals surface area contributed by atoms with Crippen LogP contribution in [0.5, 0.6) is 11.5 Å². The molecule has 0 radical (unpaired) electrons. The number of hydrogen-bond acceptors (Lipinski definition) is 6. The highest BCUT2D eigenvalue weighted by atomic mass is 16.7. The van der Waals surface area contributed by atoms with Gasteiger partial charge in [0, 0.05) is 47.2 Å². The van der Waals surface area contributed by atoms with Gasteiger partial charge in [-0.2, -0.15) is 0 Å². The molecule has 8 aromatic rings. The molecule has 0 aliphatic carbocycles. The number of fused-ring (bicyclic) bond motifs is 4. The van der Waals surface area contributed by atoms with Gasteiger partial charge < -0.3 is 18.9 Å². The minimum atomic E-state index is 0.0457. The lowest BCUT2D eigenvalue weighted by atomic mass is 9.87. The van der Waals surface area contributed by atoms with Crippen molar-refractivity contribution in [2.75, 3.05) is 27.8 Å². The van der Waals surface area contributed by atoms with Gasteiger partial charge in [0.1, 0.15) is 11.5 Å². The summed E-state index contributed by atoms with van der Waals surface area (Å²) in [5.74, 6) is 1.30. The van der Waals surface area contributed by atoms with Crippen LogP contribution in [0.1, 0.15) is 0 Å². The van der Waals surface area contributed by atoms with Crippen molar-refractivity contribution in [3.63, 3.8) is 0 Å². The van der Waals surface area contributed by atoms with Crippen molar-refractivity contribution < 1.29 is 18.9 Å². The average molecular weight is 629 g/mol. The number of nitrogens with zero attached hydrogens (tertiary/aromatic N) is 2. The molecule has 6 heteroatoms. The van der Waals surface area contributed by atoms with Crippen LogP contribution in [0.4, 0.5) is 0 Å². The van der Waals surface area contributed by atoms with Crippen molar-refractivity contribution >= 4 is 43.4 Å². The molecule has 234 valence electrons. The molecule has 6 aromatic carbocycles. The van der Waals surface area contributed by atoms with Crippen LogP contribution in [-0.4, -0.2) is 37.8 Å². The second-order valence-electron chi connectivity index (χ2n) is 11.6. The summed E-state index contributed by atoms with van der Waals surface area (Å²) >= 11 is 0. The van der Waals surface area contributed by atoms with Crippen LogP contribution >= 0.6 is 0 Å². The average Bonchev–Trinajstić information content (AvgIpc) is 3.15. The third-order valence-corrected chi connectivity index (χ3v) is 8.64. The van der Waals surface area contributed by atoms with Crippen LogP contribution in [0, 0.1) is 0 Å². The van der Waals surface area contributed by atoms with Crippen LogP contribution in [0.2, 0.25) is 0 Å². The molecule has 8 rings (SSSR count). The zero-order valence-corrected chi connectivity index (χ0v) is 26.6. The lowest BCUT2D eigenvalue weighted by Crippen LogP contribution is -2.06. The molecule has 48 heavy (non-hydrogen) atoms. The van der Waals surface area contributed by atoms with Gasteiger partial charge >= 0.3 is 0 Å². The zero-order valence-electron chi connectivity index (χ0n) is 26.6. The highest BCUT2D eigenvalue weighted by molar-refractivity contribution is 6.14. The standard InChI is InChI=1S/C42H32N2O4/c1-45-25-47-41-33(37-21-19-27-11-5-9-17-35(27)43-37)23-29-13-3-7-15-31(29)39(41)40-32-16-8-4-14-30(32)24-34(42(40)48-26-46-2)38-22-20-28-12-6-10-18-36(28)44-38/h3-24H,25-26H2,1-2H3. The minimum Gasteiger partial charge on any atom is -0.466 e. The zero-order chi connectivity index (χ0) is 32.5. The summed E-state index contributed by atoms with van der Waals surface area (Å²) in [4.78, 5) is 10.2. The van der Waals surface area contributed by atoms with Gasteiger partial charge in [0.15, 0.2) is 13.6 Å². The molecule has 6 nitrogen and oxygen atoms in total. The summed E-state index contributed by atoms with van der Waals surface area (Å²) in [5, 5.41) is 6.22. The van der Waals surface area contributed by atoms with E-state index >= 15 is 0 Å². The fourth-order valence-corrected chi connectivity index (χ4v) is 6.50. The number of methoxy groups -OCH3 is 2. The largest absolute Gasteiger partial charge is 0.466 e. The van der Waals surface area contributed by atoms with Crippen molar-refractivity contribution in [3.05, 3.63) is 133 Å². The Morgan fingerprint density at radius 1 is 0.438 bits per heavy atom. The van der Waals surface area contributed by atoms with E-state index in [9.17, 15) is 0 Å². The summed E-state index contributed by atoms with van der Waals surface area (Å²) in [6, 6.07) is 45.5. The normalized spacial score (nSPS) is 11.5. The van der Waals surface area contributed by atoms with Crippen LogP contribution in [0.15, 0.2) is 133 Å². The van der Waals surface area contributed by atoms with Gasteiger partial charge in [-0.05, 0) is 57.9 Å². The third-order valence-electron chi connectivity index (χ3n) is 8.64. The Balaban J connectivity index is 1.51. The molecule has 0 aliphatic heterocycles. The Kier molecular flexibility index (Phi) is 7.86. The molecule has 0 fully saturated rings. The fourth-order valence-electron chi connectivity index (χ4n) is 6.50. The maximum absolute atomic E-state index is 6.59. The van der Waals surface area contributed by atoms with Crippen LogP contribution in [0.3, 0.4) is 0 Å². The second kappa shape index (κ2) is 12.8. The Morgan fingerprint density at radius 2 is 0.833 bits per heavy atom. The van der Waals surface area contributed by atoms with Crippen molar-refractivity contribution in [1.82, 2.24) is 9.97 Å². The van der Waals surface area contributed by atoms with E-state index in [-0.39, 0.29) is 13.6 Å². The molecule has 0 saturated heterocycles. The molecule has 0 aliphatic rings. The summed E-state index contributed by atoms with van der Waals surface area (Å²) in [7, 11) is 3.26. The molecule has 0 bridgehead atoms. The molecular weight excluding hydrogens is 596 g/mol. The van der Waals surface area contributed by atoms with Gasteiger partial charge in [-0.25, -0.2) is 9.97 Å². The van der Waals surface area contributed by atoms with E-state index in [1.54, 1.807) is 14.2 Å². The predicted octanol–water partition coefficient (Wildman–Crippen LogP) is 10.1. The summed E-state index contributed by atoms with van der Waals surface area (Å²) < 4.78 is 24.2. The molecule has 0 unspecified atom stereocenters. The molecule has 2 heterocycles. The maximum atomic E-state index is 6.59. The second-order valence-corrected chi connectivity index (χ2v) is 11.6. The number of pyridine rings is 2. The summed E-state index contributed by atoms with van der Waals surface area (Å²) in [6.07, 6.45) is 0. The van der Waals surface area contributed by atoms with Gasteiger partial charge in [0.05, 0.1) is 22.4 Å². The molecule has 0 saturated carbocycles. The van der Waals surface area contributed by atoms with E-state index in [1.165, 1.54) is 0 Å². The first-order valence-electron chi connectivity index (χ1n) is 15.8. The number of benzene rings is 6. The van der Waals surface area contributed by atoms with E-state index in [4.69, 9.17) is 28.9 Å². The first-order valence-corrected chi connectivity index (χ1v) is 15.8. The van der Waals surface area contributed by atoms with Gasteiger partial charge in [-0.15, -0.1) is 0 Å². The number of hydrogen-bond donors (Lipinski definition) is 0. The van der Waals surface area contributed by atoms with Crippen molar-refractivity contribution in [2.24, 2.45) is 0 Å².